The van der Waals surface area contributed by atoms with Crippen LogP contribution in [0.25, 0.3) is 27.1 Å². The summed E-state index contributed by atoms with van der Waals surface area (Å²) < 4.78 is 0. The van der Waals surface area contributed by atoms with E-state index in [1.165, 1.54) is 0 Å². The average molecular weight is 370 g/mol. The number of hydrogen-bond donors (Lipinski definition) is 0. The minimum Gasteiger partial charge on any atom is -0.253 e. The zero-order valence-electron chi connectivity index (χ0n) is 14.6. The van der Waals surface area contributed by atoms with E-state index in [4.69, 9.17) is 0 Å². The van der Waals surface area contributed by atoms with Crippen molar-refractivity contribution in [3.63, 3.8) is 0 Å². The molecule has 0 spiro atoms. The molecule has 0 heterocycles. The van der Waals surface area contributed by atoms with Crippen molar-refractivity contribution in [1.29, 1.82) is 0 Å². The van der Waals surface area contributed by atoms with Gasteiger partial charge in [0, 0.05) is 11.1 Å². The lowest BCUT2D eigenvalue weighted by Crippen LogP contribution is -2.13. The summed E-state index contributed by atoms with van der Waals surface area (Å²) in [5.74, 6) is -1.03. The van der Waals surface area contributed by atoms with Gasteiger partial charge in [-0.05, 0) is 21.5 Å². The van der Waals surface area contributed by atoms with E-state index in [-0.39, 0.29) is 5.57 Å². The molecule has 0 aliphatic carbocycles. The van der Waals surface area contributed by atoms with E-state index < -0.39 is 15.7 Å². The molecule has 0 atom stereocenters. The number of nitro groups is 2. The molecule has 0 aromatic heterocycles. The topological polar surface area (TPSA) is 86.3 Å². The van der Waals surface area contributed by atoms with Crippen LogP contribution in [0, 0.1) is 20.2 Å². The van der Waals surface area contributed by atoms with Crippen LogP contribution in [0.1, 0.15) is 11.1 Å². The van der Waals surface area contributed by atoms with Gasteiger partial charge in [-0.1, -0.05) is 84.9 Å². The molecule has 6 nitrogen and oxygen atoms in total. The van der Waals surface area contributed by atoms with E-state index >= 15 is 0 Å². The monoisotopic (exact) mass is 370 g/mol. The van der Waals surface area contributed by atoms with Gasteiger partial charge in [0.05, 0.1) is 0 Å². The number of rotatable bonds is 4. The van der Waals surface area contributed by atoms with Crippen molar-refractivity contribution in [3.8, 4) is 0 Å². The lowest BCUT2D eigenvalue weighted by atomic mass is 9.90. The molecular weight excluding hydrogens is 356 g/mol. The van der Waals surface area contributed by atoms with Gasteiger partial charge in [0.25, 0.3) is 0 Å². The molecule has 4 rings (SSSR count). The second-order valence-electron chi connectivity index (χ2n) is 6.27. The first-order valence-electron chi connectivity index (χ1n) is 8.57. The van der Waals surface area contributed by atoms with Crippen LogP contribution in [0.2, 0.25) is 0 Å². The van der Waals surface area contributed by atoms with Crippen LogP contribution in [0.5, 0.6) is 0 Å². The zero-order valence-corrected chi connectivity index (χ0v) is 14.6. The van der Waals surface area contributed by atoms with Crippen molar-refractivity contribution in [2.24, 2.45) is 0 Å². The maximum Gasteiger partial charge on any atom is 0.567 e. The van der Waals surface area contributed by atoms with Crippen LogP contribution in [0.4, 0.5) is 0 Å². The normalized spacial score (nSPS) is 10.7. The van der Waals surface area contributed by atoms with Crippen LogP contribution in [-0.2, 0) is 0 Å². The molecule has 0 amide bonds. The molecule has 6 heteroatoms. The number of benzene rings is 4. The third-order valence-electron chi connectivity index (χ3n) is 4.69. The molecule has 0 saturated heterocycles. The van der Waals surface area contributed by atoms with E-state index in [2.05, 4.69) is 0 Å². The Morgan fingerprint density at radius 1 is 0.571 bits per heavy atom. The van der Waals surface area contributed by atoms with Gasteiger partial charge in [0.15, 0.2) is 0 Å². The summed E-state index contributed by atoms with van der Waals surface area (Å²) in [5.41, 5.74) is 0.916. The quantitative estimate of drug-likeness (QED) is 0.362. The maximum atomic E-state index is 11.7. The van der Waals surface area contributed by atoms with Gasteiger partial charge < -0.3 is 0 Å². The number of nitrogens with zero attached hydrogens (tertiary/aromatic N) is 2. The molecule has 0 bridgehead atoms. The van der Waals surface area contributed by atoms with Gasteiger partial charge in [-0.25, -0.2) is 0 Å². The molecular formula is C22H14N2O4. The minimum atomic E-state index is -1.03. The second-order valence-corrected chi connectivity index (χ2v) is 6.27. The Morgan fingerprint density at radius 3 is 1.39 bits per heavy atom. The van der Waals surface area contributed by atoms with Gasteiger partial charge in [0.2, 0.25) is 0 Å². The van der Waals surface area contributed by atoms with E-state index in [9.17, 15) is 20.2 Å². The summed E-state index contributed by atoms with van der Waals surface area (Å²) >= 11 is 0. The zero-order chi connectivity index (χ0) is 19.7. The maximum absolute atomic E-state index is 11.7. The smallest absolute Gasteiger partial charge is 0.253 e. The predicted molar refractivity (Wildman–Crippen MR) is 108 cm³/mol. The lowest BCUT2D eigenvalue weighted by molar-refractivity contribution is -0.614. The SMILES string of the molecule is O=[N+]([O-])C(=C(c1cccc2ccccc12)c1cccc2ccccc12)[N+](=O)[O-]. The van der Waals surface area contributed by atoms with Gasteiger partial charge in [-0.2, -0.15) is 0 Å². The number of fused-ring (bicyclic) bond motifs is 2. The molecule has 28 heavy (non-hydrogen) atoms. The van der Waals surface area contributed by atoms with E-state index in [1.54, 1.807) is 24.3 Å². The van der Waals surface area contributed by atoms with Gasteiger partial charge >= 0.3 is 5.82 Å². The minimum absolute atomic E-state index is 0.00333. The largest absolute Gasteiger partial charge is 0.567 e. The molecule has 0 aliphatic rings. The molecule has 0 unspecified atom stereocenters. The summed E-state index contributed by atoms with van der Waals surface area (Å²) in [4.78, 5) is 21.6. The third-order valence-corrected chi connectivity index (χ3v) is 4.69. The molecule has 0 fully saturated rings. The highest BCUT2D eigenvalue weighted by atomic mass is 16.7. The molecule has 136 valence electrons. The first-order valence-corrected chi connectivity index (χ1v) is 8.57. The van der Waals surface area contributed by atoms with Crippen molar-refractivity contribution >= 4 is 27.1 Å². The molecule has 4 aromatic rings. The molecule has 0 radical (unpaired) electrons. The Bertz CT molecular complexity index is 1170. The summed E-state index contributed by atoms with van der Waals surface area (Å²) in [5, 5.41) is 26.5. The fourth-order valence-corrected chi connectivity index (χ4v) is 3.52. The van der Waals surface area contributed by atoms with Crippen LogP contribution in [0.15, 0.2) is 90.8 Å². The summed E-state index contributed by atoms with van der Waals surface area (Å²) in [7, 11) is 0. The Hall–Kier alpha value is -4.06. The Morgan fingerprint density at radius 2 is 0.964 bits per heavy atom. The van der Waals surface area contributed by atoms with E-state index in [0.29, 0.717) is 21.9 Å². The van der Waals surface area contributed by atoms with Crippen LogP contribution >= 0.6 is 0 Å². The molecule has 4 aromatic carbocycles. The molecule has 0 aliphatic heterocycles. The highest BCUT2D eigenvalue weighted by Gasteiger charge is 2.35. The van der Waals surface area contributed by atoms with E-state index in [1.807, 2.05) is 60.7 Å². The lowest BCUT2D eigenvalue weighted by Gasteiger charge is -2.11. The van der Waals surface area contributed by atoms with Crippen molar-refractivity contribution in [3.05, 3.63) is 122 Å². The standard InChI is InChI=1S/C22H14N2O4/c25-23(26)22(24(27)28)21(19-13-5-9-15-7-1-3-11-17(15)19)20-14-6-10-16-8-2-4-12-18(16)20/h1-14H. The van der Waals surface area contributed by atoms with Gasteiger partial charge in [-0.15, -0.1) is 0 Å². The summed E-state index contributed by atoms with van der Waals surface area (Å²) in [6, 6.07) is 25.3. The number of hydrogen-bond acceptors (Lipinski definition) is 4. The fraction of sp³-hybridized carbons (Fsp3) is 0. The second kappa shape index (κ2) is 6.92. The Labute approximate surface area is 159 Å². The highest BCUT2D eigenvalue weighted by Crippen LogP contribution is 2.36. The van der Waals surface area contributed by atoms with E-state index in [0.717, 1.165) is 10.8 Å². The van der Waals surface area contributed by atoms with Gasteiger partial charge in [-0.3, -0.25) is 20.2 Å². The van der Waals surface area contributed by atoms with Crippen LogP contribution < -0.4 is 0 Å². The fourth-order valence-electron chi connectivity index (χ4n) is 3.52. The molecule has 0 N–H and O–H groups in total. The Kier molecular flexibility index (Phi) is 4.29. The predicted octanol–water partition coefficient (Wildman–Crippen LogP) is 5.26. The van der Waals surface area contributed by atoms with Crippen LogP contribution in [-0.4, -0.2) is 9.85 Å². The summed E-state index contributed by atoms with van der Waals surface area (Å²) in [6.07, 6.45) is 0. The first-order chi connectivity index (χ1) is 13.6. The van der Waals surface area contributed by atoms with Crippen molar-refractivity contribution in [2.75, 3.05) is 0 Å². The highest BCUT2D eigenvalue weighted by molar-refractivity contribution is 6.04. The van der Waals surface area contributed by atoms with Gasteiger partial charge in [0.1, 0.15) is 15.4 Å². The first kappa shape index (κ1) is 17.4. The Balaban J connectivity index is 2.19. The average Bonchev–Trinajstić information content (AvgIpc) is 2.70. The summed E-state index contributed by atoms with van der Waals surface area (Å²) in [6.45, 7) is 0. The van der Waals surface area contributed by atoms with Crippen molar-refractivity contribution in [1.82, 2.24) is 0 Å². The third kappa shape index (κ3) is 2.87. The van der Waals surface area contributed by atoms with Crippen molar-refractivity contribution in [2.45, 2.75) is 0 Å². The van der Waals surface area contributed by atoms with Crippen molar-refractivity contribution < 1.29 is 9.85 Å². The van der Waals surface area contributed by atoms with Crippen LogP contribution in [0.3, 0.4) is 0 Å². The molecule has 0 saturated carbocycles.